The maximum absolute atomic E-state index is 12.4. The Morgan fingerprint density at radius 1 is 1.63 bits per heavy atom. The van der Waals surface area contributed by atoms with E-state index in [4.69, 9.17) is 0 Å². The number of hydrogen-bond acceptors (Lipinski definition) is 3. The van der Waals surface area contributed by atoms with Gasteiger partial charge in [0.15, 0.2) is 0 Å². The summed E-state index contributed by atoms with van der Waals surface area (Å²) in [6.45, 7) is 3.75. The Morgan fingerprint density at radius 3 is 3.00 bits per heavy atom. The highest BCUT2D eigenvalue weighted by molar-refractivity contribution is 5.86. The van der Waals surface area contributed by atoms with Gasteiger partial charge in [-0.05, 0) is 13.3 Å². The number of piperidine rings is 1. The second kappa shape index (κ2) is 5.86. The van der Waals surface area contributed by atoms with E-state index < -0.39 is 0 Å². The van der Waals surface area contributed by atoms with Crippen LogP contribution in [-0.4, -0.2) is 39.6 Å². The van der Waals surface area contributed by atoms with Crippen LogP contribution in [0.5, 0.6) is 0 Å². The van der Waals surface area contributed by atoms with Gasteiger partial charge in [0.1, 0.15) is 0 Å². The van der Waals surface area contributed by atoms with Crippen LogP contribution in [0.15, 0.2) is 12.4 Å². The average Bonchev–Trinajstić information content (AvgIpc) is 2.81. The molecular formula is C13H20N4O2. The van der Waals surface area contributed by atoms with E-state index in [-0.39, 0.29) is 17.7 Å². The largest absolute Gasteiger partial charge is 0.356 e. The molecule has 104 valence electrons. The number of nitrogens with zero attached hydrogens (tertiary/aromatic N) is 3. The molecule has 1 aliphatic rings. The van der Waals surface area contributed by atoms with Crippen LogP contribution in [0.25, 0.3) is 0 Å². The first kappa shape index (κ1) is 13.6. The van der Waals surface area contributed by atoms with Gasteiger partial charge < -0.3 is 10.2 Å². The first-order chi connectivity index (χ1) is 9.10. The van der Waals surface area contributed by atoms with Crippen molar-refractivity contribution in [2.45, 2.75) is 26.3 Å². The van der Waals surface area contributed by atoms with Crippen molar-refractivity contribution in [3.05, 3.63) is 18.0 Å². The van der Waals surface area contributed by atoms with E-state index in [1.807, 2.05) is 20.2 Å². The van der Waals surface area contributed by atoms with Gasteiger partial charge in [0.25, 0.3) is 0 Å². The van der Waals surface area contributed by atoms with Crippen LogP contribution in [-0.2, 0) is 23.2 Å². The maximum atomic E-state index is 12.4. The molecule has 2 amide bonds. The van der Waals surface area contributed by atoms with Crippen LogP contribution in [0.2, 0.25) is 0 Å². The number of aromatic nitrogens is 2. The third-order valence-corrected chi connectivity index (χ3v) is 3.42. The van der Waals surface area contributed by atoms with Crippen molar-refractivity contribution in [2.24, 2.45) is 13.0 Å². The van der Waals surface area contributed by atoms with E-state index in [1.165, 1.54) is 0 Å². The van der Waals surface area contributed by atoms with Crippen LogP contribution in [0.3, 0.4) is 0 Å². The maximum Gasteiger partial charge on any atom is 0.226 e. The molecule has 19 heavy (non-hydrogen) atoms. The Kier molecular flexibility index (Phi) is 4.19. The zero-order valence-corrected chi connectivity index (χ0v) is 11.4. The predicted octanol–water partition coefficient (Wildman–Crippen LogP) is 0.295. The van der Waals surface area contributed by atoms with Gasteiger partial charge in [0, 0.05) is 50.8 Å². The Labute approximate surface area is 112 Å². The normalized spacial score (nSPS) is 19.1. The molecule has 1 aliphatic heterocycles. The Bertz CT molecular complexity index is 469. The second-order valence-corrected chi connectivity index (χ2v) is 4.91. The van der Waals surface area contributed by atoms with E-state index in [9.17, 15) is 9.59 Å². The molecule has 0 bridgehead atoms. The fourth-order valence-corrected chi connectivity index (χ4v) is 2.37. The molecule has 1 N–H and O–H groups in total. The Morgan fingerprint density at radius 2 is 2.42 bits per heavy atom. The van der Waals surface area contributed by atoms with Gasteiger partial charge in [-0.25, -0.2) is 0 Å². The lowest BCUT2D eigenvalue weighted by molar-refractivity contribution is -0.140. The molecule has 0 radical (unpaired) electrons. The van der Waals surface area contributed by atoms with Crippen LogP contribution in [0.1, 0.15) is 25.3 Å². The minimum Gasteiger partial charge on any atom is -0.356 e. The molecule has 1 aromatic rings. The summed E-state index contributed by atoms with van der Waals surface area (Å²) >= 11 is 0. The van der Waals surface area contributed by atoms with E-state index in [0.717, 1.165) is 12.0 Å². The zero-order chi connectivity index (χ0) is 13.8. The minimum atomic E-state index is -0.176. The molecule has 2 rings (SSSR count). The summed E-state index contributed by atoms with van der Waals surface area (Å²) in [5, 5.41) is 6.86. The minimum absolute atomic E-state index is 0.0259. The molecule has 2 heterocycles. The monoisotopic (exact) mass is 264 g/mol. The summed E-state index contributed by atoms with van der Waals surface area (Å²) in [5.74, 6) is -0.131. The van der Waals surface area contributed by atoms with Crippen LogP contribution in [0, 0.1) is 5.92 Å². The fourth-order valence-electron chi connectivity index (χ4n) is 2.37. The second-order valence-electron chi connectivity index (χ2n) is 4.91. The van der Waals surface area contributed by atoms with E-state index >= 15 is 0 Å². The standard InChI is InChI=1S/C13H20N4O2/c1-3-17(9-10-7-15-16(2)8-10)13(19)11-4-5-14-12(18)6-11/h7-8,11H,3-6,9H2,1-2H3,(H,14,18). The van der Waals surface area contributed by atoms with Gasteiger partial charge in [-0.3, -0.25) is 14.3 Å². The van der Waals surface area contributed by atoms with E-state index in [1.54, 1.807) is 15.8 Å². The number of nitrogens with one attached hydrogen (secondary N) is 1. The summed E-state index contributed by atoms with van der Waals surface area (Å²) < 4.78 is 1.72. The van der Waals surface area contributed by atoms with Crippen LogP contribution < -0.4 is 5.32 Å². The highest BCUT2D eigenvalue weighted by Crippen LogP contribution is 2.17. The lowest BCUT2D eigenvalue weighted by atomic mass is 9.96. The third kappa shape index (κ3) is 3.33. The number of rotatable bonds is 4. The summed E-state index contributed by atoms with van der Waals surface area (Å²) in [7, 11) is 1.85. The van der Waals surface area contributed by atoms with Crippen molar-refractivity contribution < 1.29 is 9.59 Å². The average molecular weight is 264 g/mol. The van der Waals surface area contributed by atoms with Crippen LogP contribution >= 0.6 is 0 Å². The van der Waals surface area contributed by atoms with Crippen molar-refractivity contribution in [1.29, 1.82) is 0 Å². The van der Waals surface area contributed by atoms with Gasteiger partial charge in [-0.1, -0.05) is 0 Å². The molecule has 1 aromatic heterocycles. The van der Waals surface area contributed by atoms with E-state index in [0.29, 0.717) is 26.1 Å². The van der Waals surface area contributed by atoms with Crippen LogP contribution in [0.4, 0.5) is 0 Å². The fraction of sp³-hybridized carbons (Fsp3) is 0.615. The van der Waals surface area contributed by atoms with Crippen molar-refractivity contribution in [1.82, 2.24) is 20.0 Å². The van der Waals surface area contributed by atoms with Crippen molar-refractivity contribution in [3.63, 3.8) is 0 Å². The van der Waals surface area contributed by atoms with E-state index in [2.05, 4.69) is 10.4 Å². The molecule has 0 aromatic carbocycles. The van der Waals surface area contributed by atoms with Gasteiger partial charge in [0.2, 0.25) is 11.8 Å². The lowest BCUT2D eigenvalue weighted by Crippen LogP contribution is -2.42. The number of aryl methyl sites for hydroxylation is 1. The zero-order valence-electron chi connectivity index (χ0n) is 11.4. The topological polar surface area (TPSA) is 67.2 Å². The number of hydrogen-bond donors (Lipinski definition) is 1. The molecule has 1 atom stereocenters. The summed E-state index contributed by atoms with van der Waals surface area (Å²) in [6.07, 6.45) is 4.71. The highest BCUT2D eigenvalue weighted by atomic mass is 16.2. The molecule has 1 fully saturated rings. The first-order valence-electron chi connectivity index (χ1n) is 6.63. The number of carbonyl (C=O) groups is 2. The molecule has 1 saturated heterocycles. The molecule has 0 spiro atoms. The Hall–Kier alpha value is -1.85. The molecule has 6 heteroatoms. The molecule has 0 aliphatic carbocycles. The highest BCUT2D eigenvalue weighted by Gasteiger charge is 2.28. The predicted molar refractivity (Wildman–Crippen MR) is 70.0 cm³/mol. The first-order valence-corrected chi connectivity index (χ1v) is 6.63. The molecule has 0 saturated carbocycles. The molecular weight excluding hydrogens is 244 g/mol. The van der Waals surface area contributed by atoms with Crippen molar-refractivity contribution in [3.8, 4) is 0 Å². The third-order valence-electron chi connectivity index (χ3n) is 3.42. The summed E-state index contributed by atoms with van der Waals surface area (Å²) in [5.41, 5.74) is 1.01. The smallest absolute Gasteiger partial charge is 0.226 e. The Balaban J connectivity index is 2.00. The van der Waals surface area contributed by atoms with Crippen molar-refractivity contribution >= 4 is 11.8 Å². The van der Waals surface area contributed by atoms with Crippen molar-refractivity contribution in [2.75, 3.05) is 13.1 Å². The molecule has 1 unspecified atom stereocenters. The van der Waals surface area contributed by atoms with Gasteiger partial charge >= 0.3 is 0 Å². The van der Waals surface area contributed by atoms with Gasteiger partial charge in [-0.15, -0.1) is 0 Å². The summed E-state index contributed by atoms with van der Waals surface area (Å²) in [6, 6.07) is 0. The SMILES string of the molecule is CCN(Cc1cnn(C)c1)C(=O)C1CCNC(=O)C1. The van der Waals surface area contributed by atoms with Gasteiger partial charge in [-0.2, -0.15) is 5.10 Å². The molecule has 6 nitrogen and oxygen atoms in total. The number of amides is 2. The lowest BCUT2D eigenvalue weighted by Gasteiger charge is -2.28. The number of carbonyl (C=O) groups excluding carboxylic acids is 2. The summed E-state index contributed by atoms with van der Waals surface area (Å²) in [4.78, 5) is 25.6. The quantitative estimate of drug-likeness (QED) is 0.850. The van der Waals surface area contributed by atoms with Gasteiger partial charge in [0.05, 0.1) is 6.20 Å².